The Labute approximate surface area is 168 Å². The van der Waals surface area contributed by atoms with Gasteiger partial charge in [0, 0.05) is 33.3 Å². The van der Waals surface area contributed by atoms with Crippen molar-refractivity contribution in [3.63, 3.8) is 0 Å². The predicted octanol–water partition coefficient (Wildman–Crippen LogP) is 1.69. The number of carbonyl (C=O) groups is 2. The minimum Gasteiger partial charge on any atom is -0.444 e. The summed E-state index contributed by atoms with van der Waals surface area (Å²) in [6.07, 6.45) is 0.406. The van der Waals surface area contributed by atoms with Crippen molar-refractivity contribution in [3.8, 4) is 0 Å². The highest BCUT2D eigenvalue weighted by Crippen LogP contribution is 2.35. The van der Waals surface area contributed by atoms with Gasteiger partial charge in [0.2, 0.25) is 5.91 Å². The Bertz CT molecular complexity index is 712. The SMILES string of the molecule is COCC1(C(=O)N2CCC(C)(C)S(=O)(=O)CC2)CCN(C(=O)OC(C)(C)C)C1. The quantitative estimate of drug-likeness (QED) is 0.692. The minimum atomic E-state index is -3.27. The molecule has 0 radical (unpaired) electrons. The van der Waals surface area contributed by atoms with E-state index in [0.717, 1.165) is 0 Å². The highest BCUT2D eigenvalue weighted by Gasteiger charge is 2.50. The molecule has 8 nitrogen and oxygen atoms in total. The number of likely N-dealkylation sites (tertiary alicyclic amines) is 1. The van der Waals surface area contributed by atoms with Crippen molar-refractivity contribution in [2.24, 2.45) is 5.41 Å². The number of sulfone groups is 1. The first-order chi connectivity index (χ1) is 12.7. The number of nitrogens with zero attached hydrogens (tertiary/aromatic N) is 2. The molecular weight excluding hydrogens is 384 g/mol. The van der Waals surface area contributed by atoms with Gasteiger partial charge in [0.15, 0.2) is 9.84 Å². The molecule has 162 valence electrons. The third kappa shape index (κ3) is 4.79. The molecule has 2 rings (SSSR count). The van der Waals surface area contributed by atoms with Crippen molar-refractivity contribution in [1.29, 1.82) is 0 Å². The lowest BCUT2D eigenvalue weighted by atomic mass is 9.86. The van der Waals surface area contributed by atoms with Gasteiger partial charge in [0.1, 0.15) is 5.60 Å². The van der Waals surface area contributed by atoms with Gasteiger partial charge in [-0.3, -0.25) is 4.79 Å². The normalized spacial score (nSPS) is 27.4. The van der Waals surface area contributed by atoms with E-state index in [1.165, 1.54) is 7.11 Å². The van der Waals surface area contributed by atoms with Crippen molar-refractivity contribution in [3.05, 3.63) is 0 Å². The number of methoxy groups -OCH3 is 1. The molecule has 0 saturated carbocycles. The highest BCUT2D eigenvalue weighted by molar-refractivity contribution is 7.92. The van der Waals surface area contributed by atoms with E-state index in [9.17, 15) is 18.0 Å². The Morgan fingerprint density at radius 2 is 1.64 bits per heavy atom. The molecule has 0 aromatic rings. The summed E-state index contributed by atoms with van der Waals surface area (Å²) in [5.41, 5.74) is -1.48. The van der Waals surface area contributed by atoms with Crippen LogP contribution in [0.15, 0.2) is 0 Å². The Kier molecular flexibility index (Phi) is 6.40. The molecule has 28 heavy (non-hydrogen) atoms. The summed E-state index contributed by atoms with van der Waals surface area (Å²) in [5, 5.41) is 0. The fourth-order valence-corrected chi connectivity index (χ4v) is 5.12. The molecule has 2 heterocycles. The van der Waals surface area contributed by atoms with Gasteiger partial charge in [-0.25, -0.2) is 13.2 Å². The lowest BCUT2D eigenvalue weighted by Crippen LogP contribution is -2.49. The van der Waals surface area contributed by atoms with Crippen molar-refractivity contribution in [1.82, 2.24) is 9.80 Å². The zero-order chi connectivity index (χ0) is 21.4. The highest BCUT2D eigenvalue weighted by atomic mass is 32.2. The van der Waals surface area contributed by atoms with E-state index in [4.69, 9.17) is 9.47 Å². The van der Waals surface area contributed by atoms with Crippen molar-refractivity contribution in [2.45, 2.75) is 57.8 Å². The topological polar surface area (TPSA) is 93.2 Å². The van der Waals surface area contributed by atoms with Gasteiger partial charge in [-0.15, -0.1) is 0 Å². The molecule has 0 bridgehead atoms. The van der Waals surface area contributed by atoms with E-state index in [1.807, 2.05) is 0 Å². The summed E-state index contributed by atoms with van der Waals surface area (Å²) in [6, 6.07) is 0. The number of rotatable bonds is 3. The second-order valence-corrected chi connectivity index (χ2v) is 12.2. The van der Waals surface area contributed by atoms with Crippen LogP contribution in [0.25, 0.3) is 0 Å². The predicted molar refractivity (Wildman–Crippen MR) is 106 cm³/mol. The van der Waals surface area contributed by atoms with E-state index in [-0.39, 0.29) is 31.4 Å². The molecule has 1 atom stereocenters. The molecule has 2 aliphatic rings. The van der Waals surface area contributed by atoms with Gasteiger partial charge in [-0.1, -0.05) is 0 Å². The minimum absolute atomic E-state index is 0.0510. The lowest BCUT2D eigenvalue weighted by molar-refractivity contribution is -0.144. The Morgan fingerprint density at radius 1 is 1.04 bits per heavy atom. The van der Waals surface area contributed by atoms with Crippen molar-refractivity contribution < 1.29 is 27.5 Å². The molecule has 1 unspecified atom stereocenters. The van der Waals surface area contributed by atoms with E-state index in [2.05, 4.69) is 0 Å². The number of ether oxygens (including phenoxy) is 2. The Balaban J connectivity index is 2.17. The van der Waals surface area contributed by atoms with Crippen LogP contribution in [0.3, 0.4) is 0 Å². The number of hydrogen-bond donors (Lipinski definition) is 0. The van der Waals surface area contributed by atoms with Crippen LogP contribution in [-0.2, 0) is 24.1 Å². The molecule has 2 saturated heterocycles. The first-order valence-electron chi connectivity index (χ1n) is 9.72. The molecule has 0 aromatic carbocycles. The van der Waals surface area contributed by atoms with Gasteiger partial charge < -0.3 is 19.3 Å². The van der Waals surface area contributed by atoms with Crippen LogP contribution in [0.5, 0.6) is 0 Å². The fraction of sp³-hybridized carbons (Fsp3) is 0.895. The van der Waals surface area contributed by atoms with E-state index < -0.39 is 31.7 Å². The number of amides is 2. The molecule has 2 aliphatic heterocycles. The van der Waals surface area contributed by atoms with Crippen LogP contribution in [-0.4, -0.2) is 86.2 Å². The average molecular weight is 419 g/mol. The fourth-order valence-electron chi connectivity index (χ4n) is 3.70. The van der Waals surface area contributed by atoms with Crippen molar-refractivity contribution >= 4 is 21.8 Å². The summed E-state index contributed by atoms with van der Waals surface area (Å²) in [4.78, 5) is 29.0. The molecule has 2 amide bonds. The summed E-state index contributed by atoms with van der Waals surface area (Å²) in [7, 11) is -1.74. The van der Waals surface area contributed by atoms with Gasteiger partial charge in [-0.05, 0) is 47.5 Å². The molecule has 9 heteroatoms. The third-order valence-corrected chi connectivity index (χ3v) is 8.23. The number of carbonyl (C=O) groups excluding carboxylic acids is 2. The average Bonchev–Trinajstić information content (AvgIpc) is 2.94. The second kappa shape index (κ2) is 7.82. The van der Waals surface area contributed by atoms with Gasteiger partial charge in [-0.2, -0.15) is 0 Å². The second-order valence-electron chi connectivity index (χ2n) is 9.49. The zero-order valence-electron chi connectivity index (χ0n) is 17.9. The van der Waals surface area contributed by atoms with Gasteiger partial charge in [0.25, 0.3) is 0 Å². The monoisotopic (exact) mass is 418 g/mol. The first kappa shape index (κ1) is 22.9. The standard InChI is InChI=1S/C19H34N2O6S/c1-17(2,3)27-16(23)21-10-8-19(13-21,14-26-6)15(22)20-9-7-18(4,5)28(24,25)12-11-20/h7-14H2,1-6H3. The summed E-state index contributed by atoms with van der Waals surface area (Å²) >= 11 is 0. The molecule has 0 aromatic heterocycles. The maximum Gasteiger partial charge on any atom is 0.410 e. The molecular formula is C19H34N2O6S. The summed E-state index contributed by atoms with van der Waals surface area (Å²) in [5.74, 6) is -0.196. The summed E-state index contributed by atoms with van der Waals surface area (Å²) < 4.78 is 34.8. The van der Waals surface area contributed by atoms with Gasteiger partial charge in [0.05, 0.1) is 22.5 Å². The van der Waals surface area contributed by atoms with Gasteiger partial charge >= 0.3 is 6.09 Å². The van der Waals surface area contributed by atoms with Crippen LogP contribution in [0.4, 0.5) is 4.79 Å². The molecule has 0 N–H and O–H groups in total. The van der Waals surface area contributed by atoms with Crippen LogP contribution in [0.1, 0.15) is 47.5 Å². The maximum atomic E-state index is 13.4. The molecule has 0 spiro atoms. The van der Waals surface area contributed by atoms with E-state index >= 15 is 0 Å². The van der Waals surface area contributed by atoms with E-state index in [0.29, 0.717) is 25.9 Å². The molecule has 2 fully saturated rings. The van der Waals surface area contributed by atoms with Crippen LogP contribution in [0.2, 0.25) is 0 Å². The maximum absolute atomic E-state index is 13.4. The first-order valence-corrected chi connectivity index (χ1v) is 11.4. The molecule has 0 aliphatic carbocycles. The third-order valence-electron chi connectivity index (χ3n) is 5.62. The largest absolute Gasteiger partial charge is 0.444 e. The van der Waals surface area contributed by atoms with Crippen LogP contribution < -0.4 is 0 Å². The van der Waals surface area contributed by atoms with Crippen LogP contribution in [0, 0.1) is 5.41 Å². The van der Waals surface area contributed by atoms with E-state index in [1.54, 1.807) is 44.4 Å². The smallest absolute Gasteiger partial charge is 0.410 e. The van der Waals surface area contributed by atoms with Crippen LogP contribution >= 0.6 is 0 Å². The summed E-state index contributed by atoms with van der Waals surface area (Å²) in [6.45, 7) is 10.2. The Hall–Kier alpha value is -1.35. The zero-order valence-corrected chi connectivity index (χ0v) is 18.7. The lowest BCUT2D eigenvalue weighted by Gasteiger charge is -2.33. The van der Waals surface area contributed by atoms with Crippen molar-refractivity contribution in [2.75, 3.05) is 45.6 Å². The number of hydrogen-bond acceptors (Lipinski definition) is 6. The Morgan fingerprint density at radius 3 is 2.21 bits per heavy atom.